The van der Waals surface area contributed by atoms with Gasteiger partial charge in [0.1, 0.15) is 22.4 Å². The lowest BCUT2D eigenvalue weighted by Crippen LogP contribution is -2.47. The standard InChI is InChI=1S/C17H32N4O5.C15H30N4O4.C7H16N4O/c1-12(22)18-10-8-9-11-19-13(20-14(23)25-16(2,3)4)21-15(24)26-17(5,6)7;1-14(2,3)22-12(20)18-11(17-10-8-7-9-16)19-13(21)23-15(4,5)6;1-6(12)10-4-2-3-5-11-7(8)9/h8-11H2,1-7H3,(H,18,22)(H2,19,20,21,23,24);7-10,16H2,1-6H3,(H2,17,18,19,20,21);2-5H2,1H3,(H,10,12)(H4,8,9,11). The molecule has 0 saturated heterocycles. The minimum absolute atomic E-state index is 0.00293. The molecular weight excluding hydrogens is 797 g/mol. The summed E-state index contributed by atoms with van der Waals surface area (Å²) < 4.78 is 20.6. The largest absolute Gasteiger partial charge is 0.444 e. The van der Waals surface area contributed by atoms with Crippen LogP contribution in [0.25, 0.3) is 0 Å². The van der Waals surface area contributed by atoms with Crippen molar-refractivity contribution in [2.75, 3.05) is 39.3 Å². The van der Waals surface area contributed by atoms with Gasteiger partial charge in [-0.05, 0) is 128 Å². The zero-order valence-electron chi connectivity index (χ0n) is 39.1. The number of carbonyl (C=O) groups excluding carboxylic acids is 6. The van der Waals surface area contributed by atoms with Crippen molar-refractivity contribution in [1.29, 1.82) is 0 Å². The molecule has 0 fully saturated rings. The van der Waals surface area contributed by atoms with Gasteiger partial charge in [0, 0.05) is 46.6 Å². The Bertz CT molecular complexity index is 1360. The molecule has 0 aromatic carbocycles. The Balaban J connectivity index is -0.000000880. The molecule has 0 heterocycles. The molecular formula is C39H78N12O10. The average Bonchev–Trinajstić information content (AvgIpc) is 3.02. The van der Waals surface area contributed by atoms with E-state index in [1.807, 2.05) is 0 Å². The van der Waals surface area contributed by atoms with Crippen LogP contribution < -0.4 is 49.1 Å². The van der Waals surface area contributed by atoms with Crippen molar-refractivity contribution in [2.45, 2.75) is 158 Å². The highest BCUT2D eigenvalue weighted by atomic mass is 16.6. The van der Waals surface area contributed by atoms with Gasteiger partial charge >= 0.3 is 24.4 Å². The maximum absolute atomic E-state index is 11.9. The van der Waals surface area contributed by atoms with Gasteiger partial charge in [-0.25, -0.2) is 19.2 Å². The summed E-state index contributed by atoms with van der Waals surface area (Å²) in [6, 6.07) is 0. The van der Waals surface area contributed by atoms with Gasteiger partial charge in [0.2, 0.25) is 23.7 Å². The molecule has 0 aromatic heterocycles. The minimum Gasteiger partial charge on any atom is -0.444 e. The molecule has 0 radical (unpaired) electrons. The van der Waals surface area contributed by atoms with Crippen molar-refractivity contribution in [3.8, 4) is 0 Å². The number of nitrogens with zero attached hydrogens (tertiary/aromatic N) is 3. The van der Waals surface area contributed by atoms with E-state index >= 15 is 0 Å². The number of ether oxygens (including phenoxy) is 4. The van der Waals surface area contributed by atoms with E-state index in [4.69, 9.17) is 36.1 Å². The molecule has 0 atom stereocenters. The SMILES string of the molecule is CC(=O)NCCCCN=C(N)N.CC(=O)NCCCCN=C(NC(=O)OC(C)(C)C)NC(=O)OC(C)(C)C.CC(C)(C)OC(=O)NC(=NCCCCN)NC(=O)OC(C)(C)C. The number of hydrogen-bond donors (Lipinski definition) is 9. The predicted octanol–water partition coefficient (Wildman–Crippen LogP) is 3.61. The molecule has 0 rings (SSSR count). The number of nitrogens with one attached hydrogen (secondary N) is 6. The molecule has 22 nitrogen and oxygen atoms in total. The summed E-state index contributed by atoms with van der Waals surface area (Å²) in [6.45, 7) is 27.0. The van der Waals surface area contributed by atoms with E-state index in [0.29, 0.717) is 45.7 Å². The lowest BCUT2D eigenvalue weighted by atomic mass is 10.2. The van der Waals surface area contributed by atoms with Crippen molar-refractivity contribution in [3.05, 3.63) is 0 Å². The minimum atomic E-state index is -0.731. The van der Waals surface area contributed by atoms with Crippen LogP contribution in [0.3, 0.4) is 0 Å². The van der Waals surface area contributed by atoms with E-state index in [-0.39, 0.29) is 29.7 Å². The fourth-order valence-electron chi connectivity index (χ4n) is 3.67. The fourth-order valence-corrected chi connectivity index (χ4v) is 3.67. The lowest BCUT2D eigenvalue weighted by molar-refractivity contribution is -0.119. The molecule has 6 amide bonds. The van der Waals surface area contributed by atoms with E-state index in [0.717, 1.165) is 32.1 Å². The van der Waals surface area contributed by atoms with Gasteiger partial charge < -0.3 is 46.8 Å². The van der Waals surface area contributed by atoms with Gasteiger partial charge in [0.05, 0.1) is 0 Å². The number of aliphatic imine (C=N–C) groups is 3. The molecule has 0 unspecified atom stereocenters. The van der Waals surface area contributed by atoms with Crippen molar-refractivity contribution in [3.63, 3.8) is 0 Å². The van der Waals surface area contributed by atoms with Gasteiger partial charge in [-0.2, -0.15) is 0 Å². The molecule has 0 spiro atoms. The normalized spacial score (nSPS) is 10.9. The van der Waals surface area contributed by atoms with Crippen molar-refractivity contribution >= 4 is 54.1 Å². The number of nitrogens with two attached hydrogens (primary N) is 3. The number of amides is 6. The number of rotatable bonds is 14. The molecule has 354 valence electrons. The van der Waals surface area contributed by atoms with Crippen LogP contribution in [0, 0.1) is 0 Å². The topological polar surface area (TPSA) is 327 Å². The third kappa shape index (κ3) is 50.7. The first-order valence-electron chi connectivity index (χ1n) is 20.2. The molecule has 0 aliphatic heterocycles. The summed E-state index contributed by atoms with van der Waals surface area (Å²) in [5, 5.41) is 15.0. The Morgan fingerprint density at radius 3 is 0.934 bits per heavy atom. The van der Waals surface area contributed by atoms with Gasteiger partial charge in [-0.3, -0.25) is 45.8 Å². The van der Waals surface area contributed by atoms with Crippen LogP contribution in [0.15, 0.2) is 15.0 Å². The zero-order chi connectivity index (χ0) is 47.9. The van der Waals surface area contributed by atoms with Crippen LogP contribution in [-0.2, 0) is 28.5 Å². The second-order valence-electron chi connectivity index (χ2n) is 17.2. The summed E-state index contributed by atoms with van der Waals surface area (Å²) in [7, 11) is 0. The second-order valence-corrected chi connectivity index (χ2v) is 17.2. The molecule has 12 N–H and O–H groups in total. The molecule has 0 aromatic rings. The number of carbonyl (C=O) groups is 6. The van der Waals surface area contributed by atoms with Crippen LogP contribution in [0.5, 0.6) is 0 Å². The highest BCUT2D eigenvalue weighted by Crippen LogP contribution is 2.09. The number of alkyl carbamates (subject to hydrolysis) is 4. The third-order valence-corrected chi connectivity index (χ3v) is 5.84. The number of guanidine groups is 3. The summed E-state index contributed by atoms with van der Waals surface area (Å²) in [6.07, 6.45) is 1.84. The first-order chi connectivity index (χ1) is 27.8. The van der Waals surface area contributed by atoms with Crippen LogP contribution in [-0.4, -0.2) is 116 Å². The van der Waals surface area contributed by atoms with E-state index in [1.54, 1.807) is 83.1 Å². The van der Waals surface area contributed by atoms with Crippen molar-refractivity contribution < 1.29 is 47.7 Å². The van der Waals surface area contributed by atoms with Gasteiger partial charge in [-0.1, -0.05) is 0 Å². The van der Waals surface area contributed by atoms with Crippen LogP contribution >= 0.6 is 0 Å². The maximum atomic E-state index is 11.9. The summed E-state index contributed by atoms with van der Waals surface area (Å²) >= 11 is 0. The molecule has 0 aliphatic carbocycles. The van der Waals surface area contributed by atoms with E-state index in [1.165, 1.54) is 13.8 Å². The van der Waals surface area contributed by atoms with Crippen LogP contribution in [0.4, 0.5) is 19.2 Å². The Hall–Kier alpha value is -5.41. The molecule has 61 heavy (non-hydrogen) atoms. The molecule has 0 bridgehead atoms. The summed E-state index contributed by atoms with van der Waals surface area (Å²) in [5.74, 6) is -0.0303. The first-order valence-corrected chi connectivity index (χ1v) is 20.2. The first kappa shape index (κ1) is 59.9. The smallest absolute Gasteiger partial charge is 0.414 e. The fraction of sp³-hybridized carbons (Fsp3) is 0.769. The van der Waals surface area contributed by atoms with E-state index < -0.39 is 46.8 Å². The summed E-state index contributed by atoms with van der Waals surface area (Å²) in [5.41, 5.74) is 13.0. The van der Waals surface area contributed by atoms with Gasteiger partial charge in [0.15, 0.2) is 5.96 Å². The Labute approximate surface area is 362 Å². The maximum Gasteiger partial charge on any atom is 0.414 e. The second kappa shape index (κ2) is 31.5. The van der Waals surface area contributed by atoms with Crippen LogP contribution in [0.2, 0.25) is 0 Å². The van der Waals surface area contributed by atoms with Crippen molar-refractivity contribution in [2.24, 2.45) is 32.2 Å². The van der Waals surface area contributed by atoms with E-state index in [9.17, 15) is 28.8 Å². The Kier molecular flexibility index (Phi) is 30.9. The Morgan fingerprint density at radius 1 is 0.443 bits per heavy atom. The Morgan fingerprint density at radius 2 is 0.705 bits per heavy atom. The summed E-state index contributed by atoms with van der Waals surface area (Å²) in [4.78, 5) is 80.7. The monoisotopic (exact) mass is 875 g/mol. The van der Waals surface area contributed by atoms with Crippen molar-refractivity contribution in [1.82, 2.24) is 31.9 Å². The molecule has 22 heteroatoms. The van der Waals surface area contributed by atoms with Crippen LogP contribution in [0.1, 0.15) is 135 Å². The highest BCUT2D eigenvalue weighted by Gasteiger charge is 2.22. The highest BCUT2D eigenvalue weighted by molar-refractivity contribution is 6.02. The molecule has 0 saturated carbocycles. The van der Waals surface area contributed by atoms with Gasteiger partial charge in [0.25, 0.3) is 0 Å². The molecule has 0 aliphatic rings. The average molecular weight is 875 g/mol. The number of hydrogen-bond acceptors (Lipinski definition) is 14. The quantitative estimate of drug-likeness (QED) is 0.0522. The predicted molar refractivity (Wildman–Crippen MR) is 237 cm³/mol. The lowest BCUT2D eigenvalue weighted by Gasteiger charge is -2.22. The van der Waals surface area contributed by atoms with E-state index in [2.05, 4.69) is 46.9 Å². The third-order valence-electron chi connectivity index (χ3n) is 5.84. The zero-order valence-corrected chi connectivity index (χ0v) is 39.1. The number of unbranched alkanes of at least 4 members (excludes halogenated alkanes) is 3. The van der Waals surface area contributed by atoms with Gasteiger partial charge in [-0.15, -0.1) is 0 Å².